The molecule has 1 unspecified atom stereocenters. The van der Waals surface area contributed by atoms with Gasteiger partial charge in [-0.25, -0.2) is 15.0 Å². The average molecular weight is 266 g/mol. The van der Waals surface area contributed by atoms with Gasteiger partial charge in [0.2, 0.25) is 0 Å². The van der Waals surface area contributed by atoms with Crippen LogP contribution in [-0.2, 0) is 0 Å². The van der Waals surface area contributed by atoms with Gasteiger partial charge in [-0.15, -0.1) is 0 Å². The van der Waals surface area contributed by atoms with E-state index in [2.05, 4.69) is 32.2 Å². The molecule has 0 aliphatic rings. The van der Waals surface area contributed by atoms with E-state index in [9.17, 15) is 0 Å². The maximum absolute atomic E-state index is 6.06. The number of nitrogens with one attached hydrogen (secondary N) is 2. The molecule has 0 aliphatic carbocycles. The van der Waals surface area contributed by atoms with Crippen molar-refractivity contribution < 1.29 is 0 Å². The molecule has 5 nitrogen and oxygen atoms in total. The number of H-pyrrole nitrogens is 1. The molecule has 2 aromatic heterocycles. The van der Waals surface area contributed by atoms with Crippen LogP contribution in [0.15, 0.2) is 12.4 Å². The molecule has 0 amide bonds. The fraction of sp³-hybridized carbons (Fsp3) is 0.417. The summed E-state index contributed by atoms with van der Waals surface area (Å²) < 4.78 is 0. The summed E-state index contributed by atoms with van der Waals surface area (Å²) in [5.41, 5.74) is 0.854. The lowest BCUT2D eigenvalue weighted by Crippen LogP contribution is -2.14. The lowest BCUT2D eigenvalue weighted by Gasteiger charge is -2.17. The molecule has 18 heavy (non-hydrogen) atoms. The van der Waals surface area contributed by atoms with Crippen LogP contribution < -0.4 is 5.32 Å². The molecule has 2 heterocycles. The fourth-order valence-electron chi connectivity index (χ4n) is 1.73. The van der Waals surface area contributed by atoms with E-state index in [1.54, 1.807) is 6.20 Å². The molecule has 1 atom stereocenters. The van der Waals surface area contributed by atoms with Crippen LogP contribution in [0.25, 0.3) is 0 Å². The van der Waals surface area contributed by atoms with Crippen molar-refractivity contribution in [2.75, 3.05) is 5.32 Å². The molecule has 0 radical (unpaired) electrons. The van der Waals surface area contributed by atoms with Crippen LogP contribution in [-0.4, -0.2) is 19.9 Å². The normalized spacial score (nSPS) is 12.4. The van der Waals surface area contributed by atoms with Crippen LogP contribution in [0, 0.1) is 13.8 Å². The van der Waals surface area contributed by atoms with Gasteiger partial charge in [-0.05, 0) is 20.3 Å². The number of aromatic amines is 1. The first-order valence-electron chi connectivity index (χ1n) is 5.88. The fourth-order valence-corrected chi connectivity index (χ4v) is 1.94. The minimum Gasteiger partial charge on any atom is -0.360 e. The third-order valence-electron chi connectivity index (χ3n) is 2.77. The Hall–Kier alpha value is -1.62. The van der Waals surface area contributed by atoms with Crippen molar-refractivity contribution in [3.63, 3.8) is 0 Å². The first kappa shape index (κ1) is 12.8. The minimum atomic E-state index is 0.0871. The highest BCUT2D eigenvalue weighted by atomic mass is 35.5. The van der Waals surface area contributed by atoms with Crippen LogP contribution in [0.4, 0.5) is 5.82 Å². The Morgan fingerprint density at radius 2 is 2.17 bits per heavy atom. The van der Waals surface area contributed by atoms with E-state index in [4.69, 9.17) is 11.6 Å². The number of anilines is 1. The largest absolute Gasteiger partial charge is 0.360 e. The number of hydrogen-bond acceptors (Lipinski definition) is 4. The van der Waals surface area contributed by atoms with Crippen molar-refractivity contribution in [3.8, 4) is 0 Å². The number of aromatic nitrogens is 4. The van der Waals surface area contributed by atoms with E-state index >= 15 is 0 Å². The molecular weight excluding hydrogens is 250 g/mol. The Balaban J connectivity index is 2.28. The van der Waals surface area contributed by atoms with Gasteiger partial charge in [0, 0.05) is 18.0 Å². The second-order valence-electron chi connectivity index (χ2n) is 4.11. The van der Waals surface area contributed by atoms with Crippen LogP contribution in [0.1, 0.15) is 36.6 Å². The summed E-state index contributed by atoms with van der Waals surface area (Å²) in [5, 5.41) is 3.84. The molecule has 6 heteroatoms. The van der Waals surface area contributed by atoms with Crippen LogP contribution in [0.3, 0.4) is 0 Å². The number of hydrogen-bond donors (Lipinski definition) is 2. The minimum absolute atomic E-state index is 0.0871. The van der Waals surface area contributed by atoms with Gasteiger partial charge in [0.05, 0.1) is 6.04 Å². The summed E-state index contributed by atoms with van der Waals surface area (Å²) in [6.07, 6.45) is 4.45. The highest BCUT2D eigenvalue weighted by Crippen LogP contribution is 2.24. The first-order valence-corrected chi connectivity index (χ1v) is 6.26. The maximum atomic E-state index is 6.06. The molecule has 2 aromatic rings. The number of nitrogens with zero attached hydrogens (tertiary/aromatic N) is 3. The molecule has 0 spiro atoms. The second kappa shape index (κ2) is 5.35. The summed E-state index contributed by atoms with van der Waals surface area (Å²) in [6, 6.07) is 0.0871. The van der Waals surface area contributed by atoms with Gasteiger partial charge < -0.3 is 10.3 Å². The Morgan fingerprint density at radius 3 is 2.78 bits per heavy atom. The van der Waals surface area contributed by atoms with Crippen LogP contribution in [0.2, 0.25) is 5.15 Å². The smallest absolute Gasteiger partial charge is 0.137 e. The van der Waals surface area contributed by atoms with Gasteiger partial charge >= 0.3 is 0 Å². The van der Waals surface area contributed by atoms with Gasteiger partial charge in [0.15, 0.2) is 0 Å². The van der Waals surface area contributed by atoms with E-state index < -0.39 is 0 Å². The molecule has 96 valence electrons. The number of imidazole rings is 1. The maximum Gasteiger partial charge on any atom is 0.137 e. The molecule has 0 bridgehead atoms. The van der Waals surface area contributed by atoms with Crippen molar-refractivity contribution in [1.82, 2.24) is 19.9 Å². The molecule has 0 aromatic carbocycles. The van der Waals surface area contributed by atoms with E-state index in [1.165, 1.54) is 0 Å². The summed E-state index contributed by atoms with van der Waals surface area (Å²) in [4.78, 5) is 15.9. The van der Waals surface area contributed by atoms with Gasteiger partial charge in [0.1, 0.15) is 22.6 Å². The molecule has 2 rings (SSSR count). The van der Waals surface area contributed by atoms with Gasteiger partial charge in [-0.2, -0.15) is 0 Å². The first-order chi connectivity index (χ1) is 8.61. The SMILES string of the molecule is CCC(Nc1nc(C)nc(Cl)c1C)c1ncc[nH]1. The Kier molecular flexibility index (Phi) is 3.81. The van der Waals surface area contributed by atoms with E-state index in [0.29, 0.717) is 11.0 Å². The summed E-state index contributed by atoms with van der Waals surface area (Å²) in [6.45, 7) is 5.81. The van der Waals surface area contributed by atoms with Gasteiger partial charge in [0.25, 0.3) is 0 Å². The molecular formula is C12H16ClN5. The summed E-state index contributed by atoms with van der Waals surface area (Å²) in [7, 11) is 0. The average Bonchev–Trinajstić information content (AvgIpc) is 2.85. The Bertz CT molecular complexity index is 524. The van der Waals surface area contributed by atoms with Gasteiger partial charge in [-0.3, -0.25) is 0 Å². The lowest BCUT2D eigenvalue weighted by atomic mass is 10.2. The van der Waals surface area contributed by atoms with Crippen LogP contribution >= 0.6 is 11.6 Å². The monoisotopic (exact) mass is 265 g/mol. The van der Waals surface area contributed by atoms with Crippen molar-refractivity contribution in [1.29, 1.82) is 0 Å². The predicted octanol–water partition coefficient (Wildman–Crippen LogP) is 3.03. The molecule has 2 N–H and O–H groups in total. The quantitative estimate of drug-likeness (QED) is 0.834. The standard InChI is InChI=1S/C12H16ClN5/c1-4-9(12-14-5-6-15-12)18-11-7(2)10(13)16-8(3)17-11/h5-6,9H,4H2,1-3H3,(H,14,15)(H,16,17,18). The predicted molar refractivity (Wildman–Crippen MR) is 71.8 cm³/mol. The van der Waals surface area contributed by atoms with Crippen molar-refractivity contribution in [2.45, 2.75) is 33.2 Å². The molecule has 0 saturated carbocycles. The van der Waals surface area contributed by atoms with Gasteiger partial charge in [-0.1, -0.05) is 18.5 Å². The number of rotatable bonds is 4. The zero-order chi connectivity index (χ0) is 13.1. The van der Waals surface area contributed by atoms with E-state index in [-0.39, 0.29) is 6.04 Å². The number of halogens is 1. The summed E-state index contributed by atoms with van der Waals surface area (Å²) >= 11 is 6.06. The van der Waals surface area contributed by atoms with E-state index in [1.807, 2.05) is 20.0 Å². The highest BCUT2D eigenvalue weighted by molar-refractivity contribution is 6.30. The zero-order valence-corrected chi connectivity index (χ0v) is 11.4. The Morgan fingerprint density at radius 1 is 1.39 bits per heavy atom. The van der Waals surface area contributed by atoms with Crippen molar-refractivity contribution in [2.24, 2.45) is 0 Å². The third kappa shape index (κ3) is 2.61. The highest BCUT2D eigenvalue weighted by Gasteiger charge is 2.15. The molecule has 0 fully saturated rings. The van der Waals surface area contributed by atoms with E-state index in [0.717, 1.165) is 23.6 Å². The van der Waals surface area contributed by atoms with Crippen molar-refractivity contribution in [3.05, 3.63) is 34.8 Å². The van der Waals surface area contributed by atoms with Crippen LogP contribution in [0.5, 0.6) is 0 Å². The number of aryl methyl sites for hydroxylation is 1. The zero-order valence-electron chi connectivity index (χ0n) is 10.7. The molecule has 0 saturated heterocycles. The lowest BCUT2D eigenvalue weighted by molar-refractivity contribution is 0.698. The molecule has 0 aliphatic heterocycles. The third-order valence-corrected chi connectivity index (χ3v) is 3.13. The summed E-state index contributed by atoms with van der Waals surface area (Å²) in [5.74, 6) is 2.31. The van der Waals surface area contributed by atoms with Crippen molar-refractivity contribution >= 4 is 17.4 Å². The topological polar surface area (TPSA) is 66.5 Å². The second-order valence-corrected chi connectivity index (χ2v) is 4.47. The Labute approximate surface area is 111 Å².